The van der Waals surface area contributed by atoms with Gasteiger partial charge in [-0.25, -0.2) is 8.42 Å². The van der Waals surface area contributed by atoms with Crippen molar-refractivity contribution in [3.8, 4) is 0 Å². The van der Waals surface area contributed by atoms with Crippen molar-refractivity contribution >= 4 is 43.3 Å². The van der Waals surface area contributed by atoms with Crippen LogP contribution in [0.1, 0.15) is 19.8 Å². The molecule has 0 spiro atoms. The monoisotopic (exact) mass is 367 g/mol. The normalized spacial score (nSPS) is 25.4. The van der Waals surface area contributed by atoms with Crippen molar-refractivity contribution in [3.05, 3.63) is 15.9 Å². The number of thiophene rings is 1. The van der Waals surface area contributed by atoms with Crippen LogP contribution in [0.2, 0.25) is 0 Å². The van der Waals surface area contributed by atoms with E-state index in [2.05, 4.69) is 15.9 Å². The Morgan fingerprint density at radius 1 is 1.53 bits per heavy atom. The van der Waals surface area contributed by atoms with Gasteiger partial charge in [-0.2, -0.15) is 4.31 Å². The molecule has 2 heterocycles. The first-order chi connectivity index (χ1) is 8.84. The molecule has 1 aromatic heterocycles. The van der Waals surface area contributed by atoms with Gasteiger partial charge in [0.05, 0.1) is 5.92 Å². The Bertz CT molecular complexity index is 583. The zero-order valence-electron chi connectivity index (χ0n) is 10.2. The Kier molecular flexibility index (Phi) is 4.34. The fourth-order valence-electron chi connectivity index (χ4n) is 2.18. The van der Waals surface area contributed by atoms with Crippen LogP contribution in [0.25, 0.3) is 0 Å². The summed E-state index contributed by atoms with van der Waals surface area (Å²) in [6.07, 6.45) is 1.09. The van der Waals surface area contributed by atoms with Crippen LogP contribution in [0.15, 0.2) is 20.1 Å². The number of sulfonamides is 1. The van der Waals surface area contributed by atoms with E-state index in [1.807, 2.05) is 6.92 Å². The molecule has 0 aliphatic carbocycles. The van der Waals surface area contributed by atoms with E-state index < -0.39 is 21.9 Å². The number of nitrogens with zero attached hydrogens (tertiary/aromatic N) is 1. The third-order valence-electron chi connectivity index (χ3n) is 3.30. The minimum atomic E-state index is -3.62. The Hall–Kier alpha value is -0.440. The molecule has 19 heavy (non-hydrogen) atoms. The van der Waals surface area contributed by atoms with E-state index in [0.717, 1.165) is 11.3 Å². The minimum absolute atomic E-state index is 0.0448. The zero-order chi connectivity index (χ0) is 14.2. The second kappa shape index (κ2) is 5.51. The Balaban J connectivity index is 2.33. The van der Waals surface area contributed by atoms with Gasteiger partial charge in [-0.1, -0.05) is 0 Å². The highest BCUT2D eigenvalue weighted by atomic mass is 79.9. The lowest BCUT2D eigenvalue weighted by molar-refractivity contribution is -0.143. The fourth-order valence-corrected chi connectivity index (χ4v) is 6.31. The van der Waals surface area contributed by atoms with Crippen molar-refractivity contribution in [3.63, 3.8) is 0 Å². The van der Waals surface area contributed by atoms with E-state index in [4.69, 9.17) is 5.11 Å². The lowest BCUT2D eigenvalue weighted by atomic mass is 9.96. The van der Waals surface area contributed by atoms with Crippen LogP contribution in [0.4, 0.5) is 0 Å². The summed E-state index contributed by atoms with van der Waals surface area (Å²) in [6.45, 7) is 1.86. The lowest BCUT2D eigenvalue weighted by Gasteiger charge is -2.35. The number of carboxylic acid groups (broad SMARTS) is 1. The molecule has 2 unspecified atom stereocenters. The molecule has 1 N–H and O–H groups in total. The van der Waals surface area contributed by atoms with Gasteiger partial charge >= 0.3 is 5.97 Å². The number of carbonyl (C=O) groups is 1. The van der Waals surface area contributed by atoms with Crippen LogP contribution >= 0.6 is 27.3 Å². The predicted molar refractivity (Wildman–Crippen MR) is 75.7 cm³/mol. The van der Waals surface area contributed by atoms with Crippen molar-refractivity contribution in [2.24, 2.45) is 5.92 Å². The zero-order valence-corrected chi connectivity index (χ0v) is 13.5. The maximum atomic E-state index is 12.6. The van der Waals surface area contributed by atoms with Crippen molar-refractivity contribution in [2.75, 3.05) is 6.54 Å². The van der Waals surface area contributed by atoms with Crippen molar-refractivity contribution < 1.29 is 18.3 Å². The number of hydrogen-bond acceptors (Lipinski definition) is 4. The Morgan fingerprint density at radius 2 is 2.21 bits per heavy atom. The lowest BCUT2D eigenvalue weighted by Crippen LogP contribution is -2.47. The van der Waals surface area contributed by atoms with E-state index in [0.29, 0.717) is 17.3 Å². The molecule has 106 valence electrons. The van der Waals surface area contributed by atoms with Crippen LogP contribution in [0, 0.1) is 5.92 Å². The van der Waals surface area contributed by atoms with E-state index >= 15 is 0 Å². The molecule has 8 heteroatoms. The number of hydrogen-bond donors (Lipinski definition) is 1. The molecule has 1 fully saturated rings. The first kappa shape index (κ1) is 15.0. The van der Waals surface area contributed by atoms with Crippen LogP contribution in [0.3, 0.4) is 0 Å². The molecule has 0 bridgehead atoms. The summed E-state index contributed by atoms with van der Waals surface area (Å²) in [7, 11) is -3.62. The van der Waals surface area contributed by atoms with E-state index in [-0.39, 0.29) is 16.8 Å². The predicted octanol–water partition coefficient (Wildman–Crippen LogP) is 2.38. The summed E-state index contributed by atoms with van der Waals surface area (Å²) in [6, 6.07) is 1.51. The molecule has 1 saturated heterocycles. The summed E-state index contributed by atoms with van der Waals surface area (Å²) in [4.78, 5) is 11.1. The summed E-state index contributed by atoms with van der Waals surface area (Å²) in [5.74, 6) is -1.55. The molecule has 2 atom stereocenters. The van der Waals surface area contributed by atoms with Crippen molar-refractivity contribution in [1.82, 2.24) is 4.31 Å². The quantitative estimate of drug-likeness (QED) is 0.889. The van der Waals surface area contributed by atoms with E-state index in [1.54, 1.807) is 11.4 Å². The number of rotatable bonds is 3. The molecular weight excluding hydrogens is 354 g/mol. The number of carboxylic acids is 1. The van der Waals surface area contributed by atoms with E-state index in [1.165, 1.54) is 4.31 Å². The molecule has 0 saturated carbocycles. The summed E-state index contributed by atoms with van der Waals surface area (Å²) in [5.41, 5.74) is 0. The first-order valence-electron chi connectivity index (χ1n) is 5.81. The van der Waals surface area contributed by atoms with Gasteiger partial charge in [-0.15, -0.1) is 11.3 Å². The van der Waals surface area contributed by atoms with Gasteiger partial charge in [0.2, 0.25) is 0 Å². The van der Waals surface area contributed by atoms with Gasteiger partial charge in [0.15, 0.2) is 0 Å². The third kappa shape index (κ3) is 2.86. The summed E-state index contributed by atoms with van der Waals surface area (Å²) < 4.78 is 27.2. The Labute approximate surface area is 124 Å². The maximum Gasteiger partial charge on any atom is 0.307 e. The van der Waals surface area contributed by atoms with Crippen LogP contribution in [-0.2, 0) is 14.8 Å². The molecule has 1 aliphatic rings. The molecule has 0 amide bonds. The van der Waals surface area contributed by atoms with Gasteiger partial charge in [0.25, 0.3) is 10.0 Å². The standard InChI is InChI=1S/C11H14BrNO4S2/c1-7-2-3-8(10(14)15)6-13(7)19(16,17)11-9(12)4-5-18-11/h4-5,7-8H,2-3,6H2,1H3,(H,14,15). The molecule has 5 nitrogen and oxygen atoms in total. The molecule has 2 rings (SSSR count). The molecule has 0 radical (unpaired) electrons. The van der Waals surface area contributed by atoms with Crippen molar-refractivity contribution in [1.29, 1.82) is 0 Å². The number of piperidine rings is 1. The summed E-state index contributed by atoms with van der Waals surface area (Å²) in [5, 5.41) is 10.8. The average molecular weight is 368 g/mol. The summed E-state index contributed by atoms with van der Waals surface area (Å²) >= 11 is 4.36. The smallest absolute Gasteiger partial charge is 0.307 e. The SMILES string of the molecule is CC1CCC(C(=O)O)CN1S(=O)(=O)c1sccc1Br. The molecular formula is C11H14BrNO4S2. The second-order valence-electron chi connectivity index (χ2n) is 4.59. The van der Waals surface area contributed by atoms with Crippen LogP contribution in [-0.4, -0.2) is 36.4 Å². The van der Waals surface area contributed by atoms with Gasteiger partial charge in [-0.3, -0.25) is 4.79 Å². The van der Waals surface area contributed by atoms with Gasteiger partial charge in [0.1, 0.15) is 4.21 Å². The van der Waals surface area contributed by atoms with Gasteiger partial charge < -0.3 is 5.11 Å². The topological polar surface area (TPSA) is 74.7 Å². The van der Waals surface area contributed by atoms with Gasteiger partial charge in [0, 0.05) is 17.1 Å². The highest BCUT2D eigenvalue weighted by Gasteiger charge is 2.38. The largest absolute Gasteiger partial charge is 0.481 e. The maximum absolute atomic E-state index is 12.6. The van der Waals surface area contributed by atoms with E-state index in [9.17, 15) is 13.2 Å². The molecule has 0 aromatic carbocycles. The van der Waals surface area contributed by atoms with Gasteiger partial charge in [-0.05, 0) is 47.1 Å². The first-order valence-corrected chi connectivity index (χ1v) is 8.93. The fraction of sp³-hybridized carbons (Fsp3) is 0.545. The minimum Gasteiger partial charge on any atom is -0.481 e. The third-order valence-corrected chi connectivity index (χ3v) is 7.93. The van der Waals surface area contributed by atoms with Crippen molar-refractivity contribution in [2.45, 2.75) is 30.0 Å². The average Bonchev–Trinajstić information content (AvgIpc) is 2.76. The number of aliphatic carboxylic acids is 1. The van der Waals surface area contributed by atoms with Crippen LogP contribution in [0.5, 0.6) is 0 Å². The molecule has 1 aromatic rings. The second-order valence-corrected chi connectivity index (χ2v) is 8.45. The Morgan fingerprint density at radius 3 is 2.74 bits per heavy atom. The highest BCUT2D eigenvalue weighted by Crippen LogP contribution is 2.34. The van der Waals surface area contributed by atoms with Crippen LogP contribution < -0.4 is 0 Å². The molecule has 1 aliphatic heterocycles. The highest BCUT2D eigenvalue weighted by molar-refractivity contribution is 9.10. The number of halogens is 1.